The van der Waals surface area contributed by atoms with Gasteiger partial charge >= 0.3 is 0 Å². The Labute approximate surface area is 118 Å². The summed E-state index contributed by atoms with van der Waals surface area (Å²) in [5.74, 6) is 1.62. The first-order valence-electron chi connectivity index (χ1n) is 6.54. The summed E-state index contributed by atoms with van der Waals surface area (Å²) in [7, 11) is 0. The van der Waals surface area contributed by atoms with Gasteiger partial charge in [-0.25, -0.2) is 0 Å². The van der Waals surface area contributed by atoms with E-state index in [9.17, 15) is 5.11 Å². The summed E-state index contributed by atoms with van der Waals surface area (Å²) in [5, 5.41) is 9.72. The van der Waals surface area contributed by atoms with E-state index in [-0.39, 0.29) is 5.75 Å². The summed E-state index contributed by atoms with van der Waals surface area (Å²) in [6, 6.07) is 11.5. The summed E-state index contributed by atoms with van der Waals surface area (Å²) >= 11 is 0. The lowest BCUT2D eigenvalue weighted by molar-refractivity contribution is 0.462. The highest BCUT2D eigenvalue weighted by atomic mass is 16.5. The van der Waals surface area contributed by atoms with Gasteiger partial charge in [-0.3, -0.25) is 0 Å². The zero-order valence-corrected chi connectivity index (χ0v) is 11.6. The van der Waals surface area contributed by atoms with Crippen molar-refractivity contribution >= 4 is 11.3 Å². The van der Waals surface area contributed by atoms with Gasteiger partial charge in [0.2, 0.25) is 0 Å². The van der Waals surface area contributed by atoms with Crippen molar-refractivity contribution in [3.05, 3.63) is 71.3 Å². The number of hydrogen-bond acceptors (Lipinski definition) is 2. The van der Waals surface area contributed by atoms with Crippen molar-refractivity contribution in [2.24, 2.45) is 0 Å². The minimum atomic E-state index is 0.208. The number of rotatable bonds is 1. The van der Waals surface area contributed by atoms with Crippen LogP contribution in [0.2, 0.25) is 0 Å². The second-order valence-electron chi connectivity index (χ2n) is 5.14. The van der Waals surface area contributed by atoms with Crippen molar-refractivity contribution < 1.29 is 9.84 Å². The number of phenols is 1. The van der Waals surface area contributed by atoms with E-state index in [0.29, 0.717) is 5.75 Å². The number of allylic oxidation sites excluding steroid dienone is 2. The number of ether oxygens (including phenoxy) is 1. The lowest BCUT2D eigenvalue weighted by Gasteiger charge is -2.22. The topological polar surface area (TPSA) is 29.5 Å². The van der Waals surface area contributed by atoms with Crippen molar-refractivity contribution in [2.75, 3.05) is 0 Å². The third kappa shape index (κ3) is 2.10. The molecular formula is C18H16O2. The number of benzene rings is 2. The quantitative estimate of drug-likeness (QED) is 0.824. The third-order valence-electron chi connectivity index (χ3n) is 3.47. The minimum absolute atomic E-state index is 0.208. The van der Waals surface area contributed by atoms with Crippen LogP contribution in [-0.4, -0.2) is 5.11 Å². The molecule has 0 radical (unpaired) electrons. The highest BCUT2D eigenvalue weighted by Crippen LogP contribution is 2.40. The molecule has 0 atom stereocenters. The fourth-order valence-corrected chi connectivity index (χ4v) is 2.47. The molecule has 1 aliphatic heterocycles. The van der Waals surface area contributed by atoms with E-state index in [2.05, 4.69) is 13.5 Å². The molecule has 1 heterocycles. The maximum Gasteiger partial charge on any atom is 0.139 e. The second-order valence-corrected chi connectivity index (χ2v) is 5.14. The first-order valence-corrected chi connectivity index (χ1v) is 6.54. The van der Waals surface area contributed by atoms with Crippen LogP contribution in [0.3, 0.4) is 0 Å². The van der Waals surface area contributed by atoms with Crippen molar-refractivity contribution in [1.82, 2.24) is 0 Å². The molecule has 0 fully saturated rings. The Balaban J connectivity index is 2.06. The van der Waals surface area contributed by atoms with Crippen molar-refractivity contribution in [3.8, 4) is 11.5 Å². The second kappa shape index (κ2) is 4.57. The van der Waals surface area contributed by atoms with Crippen LogP contribution in [0, 0.1) is 13.8 Å². The van der Waals surface area contributed by atoms with Crippen LogP contribution in [0.25, 0.3) is 11.3 Å². The summed E-state index contributed by atoms with van der Waals surface area (Å²) in [6.07, 6.45) is 1.94. The van der Waals surface area contributed by atoms with Crippen LogP contribution in [0.5, 0.6) is 11.5 Å². The molecule has 1 N–H and O–H groups in total. The van der Waals surface area contributed by atoms with Gasteiger partial charge in [-0.05, 0) is 37.1 Å². The van der Waals surface area contributed by atoms with Gasteiger partial charge in [0.15, 0.2) is 0 Å². The minimum Gasteiger partial charge on any atom is -0.508 e. The summed E-state index contributed by atoms with van der Waals surface area (Å²) < 4.78 is 5.93. The number of aryl methyl sites for hydroxylation is 2. The molecule has 0 spiro atoms. The predicted molar refractivity (Wildman–Crippen MR) is 81.7 cm³/mol. The van der Waals surface area contributed by atoms with Crippen LogP contribution in [0.4, 0.5) is 0 Å². The van der Waals surface area contributed by atoms with Crippen LogP contribution >= 0.6 is 0 Å². The SMILES string of the molecule is C=C1C=C(c2ccc(C)cc2)Oc2cc(O)cc(C)c21. The zero-order chi connectivity index (χ0) is 14.3. The fraction of sp³-hybridized carbons (Fsp3) is 0.111. The van der Waals surface area contributed by atoms with Gasteiger partial charge in [-0.2, -0.15) is 0 Å². The number of phenolic OH excluding ortho intramolecular Hbond substituents is 1. The van der Waals surface area contributed by atoms with E-state index in [1.807, 2.05) is 37.3 Å². The molecule has 2 aromatic rings. The Morgan fingerprint density at radius 2 is 1.75 bits per heavy atom. The summed E-state index contributed by atoms with van der Waals surface area (Å²) in [5.41, 5.74) is 5.03. The molecular weight excluding hydrogens is 248 g/mol. The number of fused-ring (bicyclic) bond motifs is 1. The predicted octanol–water partition coefficient (Wildman–Crippen LogP) is 4.46. The average Bonchev–Trinajstić information content (AvgIpc) is 2.38. The molecule has 20 heavy (non-hydrogen) atoms. The van der Waals surface area contributed by atoms with Crippen molar-refractivity contribution in [3.63, 3.8) is 0 Å². The highest BCUT2D eigenvalue weighted by molar-refractivity contribution is 5.88. The van der Waals surface area contributed by atoms with Crippen LogP contribution < -0.4 is 4.74 Å². The summed E-state index contributed by atoms with van der Waals surface area (Å²) in [4.78, 5) is 0. The Kier molecular flexibility index (Phi) is 2.87. The number of aromatic hydroxyl groups is 1. The molecule has 3 rings (SSSR count). The molecule has 0 unspecified atom stereocenters. The van der Waals surface area contributed by atoms with Gasteiger partial charge in [0.1, 0.15) is 17.3 Å². The normalized spacial score (nSPS) is 13.5. The molecule has 2 aromatic carbocycles. The molecule has 0 aromatic heterocycles. The maximum absolute atomic E-state index is 9.72. The van der Waals surface area contributed by atoms with Crippen molar-refractivity contribution in [2.45, 2.75) is 13.8 Å². The van der Waals surface area contributed by atoms with E-state index < -0.39 is 0 Å². The first-order chi connectivity index (χ1) is 9.54. The van der Waals surface area contributed by atoms with E-state index in [4.69, 9.17) is 4.74 Å². The van der Waals surface area contributed by atoms with E-state index in [1.165, 1.54) is 5.56 Å². The molecule has 0 aliphatic carbocycles. The molecule has 0 saturated heterocycles. The van der Waals surface area contributed by atoms with Gasteiger partial charge in [0.25, 0.3) is 0 Å². The molecule has 2 heteroatoms. The first kappa shape index (κ1) is 12.5. The molecule has 0 amide bonds. The van der Waals surface area contributed by atoms with Crippen molar-refractivity contribution in [1.29, 1.82) is 0 Å². The molecule has 2 nitrogen and oxygen atoms in total. The standard InChI is InChI=1S/C18H16O2/c1-11-4-6-14(7-5-11)16-9-13(3)18-12(2)8-15(19)10-17(18)20-16/h4-10,19H,3H2,1-2H3. The van der Waals surface area contributed by atoms with E-state index in [1.54, 1.807) is 12.1 Å². The molecule has 0 saturated carbocycles. The van der Waals surface area contributed by atoms with Gasteiger partial charge in [0.05, 0.1) is 0 Å². The Morgan fingerprint density at radius 1 is 1.05 bits per heavy atom. The van der Waals surface area contributed by atoms with Crippen LogP contribution in [0.15, 0.2) is 49.1 Å². The lowest BCUT2D eigenvalue weighted by Crippen LogP contribution is -2.04. The lowest BCUT2D eigenvalue weighted by atomic mass is 9.96. The average molecular weight is 264 g/mol. The maximum atomic E-state index is 9.72. The summed E-state index contributed by atoms with van der Waals surface area (Å²) in [6.45, 7) is 8.09. The van der Waals surface area contributed by atoms with Crippen LogP contribution in [-0.2, 0) is 0 Å². The fourth-order valence-electron chi connectivity index (χ4n) is 2.47. The van der Waals surface area contributed by atoms with Gasteiger partial charge in [-0.15, -0.1) is 0 Å². The van der Waals surface area contributed by atoms with E-state index in [0.717, 1.165) is 28.0 Å². The molecule has 100 valence electrons. The van der Waals surface area contributed by atoms with E-state index >= 15 is 0 Å². The zero-order valence-electron chi connectivity index (χ0n) is 11.6. The Bertz CT molecular complexity index is 722. The Hall–Kier alpha value is -2.48. The molecule has 0 bridgehead atoms. The smallest absolute Gasteiger partial charge is 0.139 e. The van der Waals surface area contributed by atoms with Gasteiger partial charge in [0, 0.05) is 17.2 Å². The third-order valence-corrected chi connectivity index (χ3v) is 3.47. The monoisotopic (exact) mass is 264 g/mol. The van der Waals surface area contributed by atoms with Crippen LogP contribution in [0.1, 0.15) is 22.3 Å². The largest absolute Gasteiger partial charge is 0.508 e. The Morgan fingerprint density at radius 3 is 2.45 bits per heavy atom. The molecule has 1 aliphatic rings. The van der Waals surface area contributed by atoms with Gasteiger partial charge in [-0.1, -0.05) is 36.4 Å². The number of hydrogen-bond donors (Lipinski definition) is 1. The highest BCUT2D eigenvalue weighted by Gasteiger charge is 2.19. The van der Waals surface area contributed by atoms with Gasteiger partial charge < -0.3 is 9.84 Å².